The van der Waals surface area contributed by atoms with Crippen molar-refractivity contribution < 1.29 is 28.2 Å². The minimum Gasteiger partial charge on any atom is -0.480 e. The fourth-order valence-electron chi connectivity index (χ4n) is 5.82. The highest BCUT2D eigenvalue weighted by Gasteiger charge is 2.31. The van der Waals surface area contributed by atoms with E-state index in [0.717, 1.165) is 25.1 Å². The minimum atomic E-state index is -4.39. The molecular weight excluding hydrogens is 736 g/mol. The third-order valence-electron chi connectivity index (χ3n) is 7.81. The van der Waals surface area contributed by atoms with E-state index in [1.54, 1.807) is 71.6 Å². The van der Waals surface area contributed by atoms with Gasteiger partial charge in [0, 0.05) is 37.3 Å². The van der Waals surface area contributed by atoms with Crippen LogP contribution in [0.5, 0.6) is 0 Å². The Morgan fingerprint density at radius 3 is 1.65 bits per heavy atom. The minimum absolute atomic E-state index is 0.0321. The number of hydrogen-bond donors (Lipinski definition) is 2. The predicted molar refractivity (Wildman–Crippen MR) is 188 cm³/mol. The Hall–Kier alpha value is -4.45. The van der Waals surface area contributed by atoms with Gasteiger partial charge in [-0.3, -0.25) is 13.9 Å². The molecule has 0 spiro atoms. The summed E-state index contributed by atoms with van der Waals surface area (Å²) in [5.41, 5.74) is 1.64. The average Bonchev–Trinajstić information content (AvgIpc) is 3.04. The van der Waals surface area contributed by atoms with Gasteiger partial charge >= 0.3 is 11.9 Å². The second-order valence-corrected chi connectivity index (χ2v) is 14.2. The highest BCUT2D eigenvalue weighted by Crippen LogP contribution is 2.39. The van der Waals surface area contributed by atoms with Gasteiger partial charge in [0.1, 0.15) is 13.1 Å². The lowest BCUT2D eigenvalue weighted by Crippen LogP contribution is -2.36. The zero-order chi connectivity index (χ0) is 32.6. The maximum atomic E-state index is 14.4. The zero-order valence-electron chi connectivity index (χ0n) is 24.1. The maximum absolute atomic E-state index is 14.4. The first kappa shape index (κ1) is 31.5. The molecular formula is C35H26Br2N2O6S. The smallest absolute Gasteiger partial charge is 0.324 e. The molecule has 0 aromatic heterocycles. The molecule has 8 nitrogen and oxygen atoms in total. The molecule has 0 saturated heterocycles. The summed E-state index contributed by atoms with van der Waals surface area (Å²) in [6.07, 6.45) is 0. The van der Waals surface area contributed by atoms with Crippen LogP contribution in [0.1, 0.15) is 5.56 Å². The predicted octanol–water partition coefficient (Wildman–Crippen LogP) is 8.04. The standard InChI is InChI=1S/C35H26Br2N2O6S/c36-29-14-13-22(23-7-1-2-8-24(23)29)19-38(20-34(40)41)31-16-17-32(27-11-5-4-10-26(27)31)39(21-35(42)43)46(44,45)33-18-15-30(37)25-9-3-6-12-28(25)33/h1-18H,19-21H2,(H,40,41)(H,42,43). The van der Waals surface area contributed by atoms with Gasteiger partial charge in [-0.05, 0) is 52.1 Å². The number of halogens is 2. The Labute approximate surface area is 281 Å². The SMILES string of the molecule is O=C(O)CN(Cc1ccc(Br)c2ccccc12)c1ccc(N(CC(=O)O)S(=O)(=O)c2ccc(Br)c3ccccc23)c2ccccc12. The number of fused-ring (bicyclic) bond motifs is 3. The Morgan fingerprint density at radius 2 is 1.04 bits per heavy atom. The summed E-state index contributed by atoms with van der Waals surface area (Å²) in [4.78, 5) is 26.0. The van der Waals surface area contributed by atoms with Crippen LogP contribution in [0.15, 0.2) is 123 Å². The number of anilines is 2. The van der Waals surface area contributed by atoms with E-state index < -0.39 is 28.5 Å². The van der Waals surface area contributed by atoms with E-state index in [2.05, 4.69) is 31.9 Å². The van der Waals surface area contributed by atoms with E-state index in [1.807, 2.05) is 36.4 Å². The van der Waals surface area contributed by atoms with Crippen LogP contribution in [-0.2, 0) is 26.2 Å². The Bertz CT molecular complexity index is 2280. The molecule has 2 N–H and O–H groups in total. The van der Waals surface area contributed by atoms with Crippen molar-refractivity contribution in [3.8, 4) is 0 Å². The number of carboxylic acid groups (broad SMARTS) is 2. The molecule has 0 heterocycles. The lowest BCUT2D eigenvalue weighted by Gasteiger charge is -2.29. The molecule has 0 unspecified atom stereocenters. The van der Waals surface area contributed by atoms with Gasteiger partial charge in [0.2, 0.25) is 0 Å². The van der Waals surface area contributed by atoms with Gasteiger partial charge in [-0.1, -0.05) is 111 Å². The highest BCUT2D eigenvalue weighted by atomic mass is 79.9. The molecule has 0 saturated carbocycles. The largest absolute Gasteiger partial charge is 0.480 e. The molecule has 0 aliphatic rings. The molecule has 6 aromatic rings. The Balaban J connectivity index is 1.52. The number of rotatable bonds is 10. The van der Waals surface area contributed by atoms with E-state index in [4.69, 9.17) is 0 Å². The quantitative estimate of drug-likeness (QED) is 0.145. The van der Waals surface area contributed by atoms with Crippen molar-refractivity contribution in [2.75, 3.05) is 22.3 Å². The zero-order valence-corrected chi connectivity index (χ0v) is 28.1. The van der Waals surface area contributed by atoms with E-state index in [9.17, 15) is 28.2 Å². The fraction of sp³-hybridized carbons (Fsp3) is 0.0857. The third kappa shape index (κ3) is 5.93. The monoisotopic (exact) mass is 760 g/mol. The first-order chi connectivity index (χ1) is 22.1. The van der Waals surface area contributed by atoms with Gasteiger partial charge in [-0.25, -0.2) is 8.42 Å². The number of hydrogen-bond acceptors (Lipinski definition) is 5. The summed E-state index contributed by atoms with van der Waals surface area (Å²) in [5.74, 6) is -2.36. The lowest BCUT2D eigenvalue weighted by atomic mass is 10.0. The lowest BCUT2D eigenvalue weighted by molar-refractivity contribution is -0.136. The van der Waals surface area contributed by atoms with E-state index >= 15 is 0 Å². The molecule has 0 amide bonds. The van der Waals surface area contributed by atoms with Crippen LogP contribution in [0.2, 0.25) is 0 Å². The second-order valence-electron chi connectivity index (χ2n) is 10.6. The number of aliphatic carboxylic acids is 2. The summed E-state index contributed by atoms with van der Waals surface area (Å²) in [5, 5.41) is 23.9. The summed E-state index contributed by atoms with van der Waals surface area (Å²) in [6, 6.07) is 32.0. The van der Waals surface area contributed by atoms with Crippen molar-refractivity contribution in [3.63, 3.8) is 0 Å². The summed E-state index contributed by atoms with van der Waals surface area (Å²) in [6.45, 7) is -0.888. The summed E-state index contributed by atoms with van der Waals surface area (Å²) < 4.78 is 31.2. The van der Waals surface area contributed by atoms with Crippen LogP contribution in [0, 0.1) is 0 Å². The maximum Gasteiger partial charge on any atom is 0.324 e. The van der Waals surface area contributed by atoms with Crippen LogP contribution in [0.25, 0.3) is 32.3 Å². The molecule has 11 heteroatoms. The van der Waals surface area contributed by atoms with Crippen molar-refractivity contribution in [1.29, 1.82) is 0 Å². The van der Waals surface area contributed by atoms with Crippen LogP contribution in [-0.4, -0.2) is 43.7 Å². The topological polar surface area (TPSA) is 115 Å². The van der Waals surface area contributed by atoms with Crippen molar-refractivity contribution in [2.24, 2.45) is 0 Å². The van der Waals surface area contributed by atoms with Crippen molar-refractivity contribution in [1.82, 2.24) is 0 Å². The molecule has 46 heavy (non-hydrogen) atoms. The summed E-state index contributed by atoms with van der Waals surface area (Å²) in [7, 11) is -4.39. The highest BCUT2D eigenvalue weighted by molar-refractivity contribution is 9.11. The molecule has 0 atom stereocenters. The molecule has 6 aromatic carbocycles. The van der Waals surface area contributed by atoms with Gasteiger partial charge in [0.25, 0.3) is 10.0 Å². The van der Waals surface area contributed by atoms with Gasteiger partial charge in [0.05, 0.1) is 10.6 Å². The molecule has 0 aliphatic carbocycles. The van der Waals surface area contributed by atoms with Crippen molar-refractivity contribution in [3.05, 3.63) is 124 Å². The number of carboxylic acids is 2. The normalized spacial score (nSPS) is 11.6. The van der Waals surface area contributed by atoms with Crippen molar-refractivity contribution >= 4 is 97.5 Å². The fourth-order valence-corrected chi connectivity index (χ4v) is 8.41. The Morgan fingerprint density at radius 1 is 0.565 bits per heavy atom. The van der Waals surface area contributed by atoms with Gasteiger partial charge in [0.15, 0.2) is 0 Å². The molecule has 0 fully saturated rings. The van der Waals surface area contributed by atoms with Crippen LogP contribution in [0.3, 0.4) is 0 Å². The first-order valence-corrected chi connectivity index (χ1v) is 17.2. The van der Waals surface area contributed by atoms with Gasteiger partial charge < -0.3 is 15.1 Å². The molecule has 0 aliphatic heterocycles. The number of sulfonamides is 1. The molecule has 6 rings (SSSR count). The van der Waals surface area contributed by atoms with Crippen LogP contribution < -0.4 is 9.21 Å². The number of nitrogens with zero attached hydrogens (tertiary/aromatic N) is 2. The van der Waals surface area contributed by atoms with Crippen LogP contribution >= 0.6 is 31.9 Å². The average molecular weight is 762 g/mol. The summed E-state index contributed by atoms with van der Waals surface area (Å²) >= 11 is 7.08. The van der Waals surface area contributed by atoms with Crippen molar-refractivity contribution in [2.45, 2.75) is 11.4 Å². The molecule has 232 valence electrons. The first-order valence-electron chi connectivity index (χ1n) is 14.1. The van der Waals surface area contributed by atoms with E-state index in [-0.39, 0.29) is 23.7 Å². The Kier molecular flexibility index (Phi) is 8.73. The van der Waals surface area contributed by atoms with E-state index in [1.165, 1.54) is 6.07 Å². The van der Waals surface area contributed by atoms with Crippen LogP contribution in [0.4, 0.5) is 11.4 Å². The second kappa shape index (κ2) is 12.7. The van der Waals surface area contributed by atoms with E-state index in [0.29, 0.717) is 31.7 Å². The van der Waals surface area contributed by atoms with Gasteiger partial charge in [-0.15, -0.1) is 0 Å². The van der Waals surface area contributed by atoms with Gasteiger partial charge in [-0.2, -0.15) is 0 Å². The molecule has 0 radical (unpaired) electrons. The molecule has 0 bridgehead atoms. The third-order valence-corrected chi connectivity index (χ3v) is 11.0. The number of carbonyl (C=O) groups is 2. The number of benzene rings is 6.